The van der Waals surface area contributed by atoms with E-state index in [0.717, 1.165) is 31.7 Å². The number of anilines is 1. The van der Waals surface area contributed by atoms with Gasteiger partial charge in [-0.2, -0.15) is 5.10 Å². The van der Waals surface area contributed by atoms with Gasteiger partial charge >= 0.3 is 0 Å². The Morgan fingerprint density at radius 2 is 2.60 bits per heavy atom. The van der Waals surface area contributed by atoms with Crippen LogP contribution in [0.3, 0.4) is 0 Å². The van der Waals surface area contributed by atoms with Crippen LogP contribution < -0.4 is 10.6 Å². The van der Waals surface area contributed by atoms with Gasteiger partial charge in [0.25, 0.3) is 0 Å². The molecular formula is C10H16N4O. The van der Waals surface area contributed by atoms with Gasteiger partial charge in [-0.05, 0) is 19.4 Å². The third-order valence-corrected chi connectivity index (χ3v) is 2.74. The summed E-state index contributed by atoms with van der Waals surface area (Å²) in [7, 11) is 1.81. The van der Waals surface area contributed by atoms with Crippen molar-refractivity contribution in [3.63, 3.8) is 0 Å². The maximum Gasteiger partial charge on any atom is 0.229 e. The van der Waals surface area contributed by atoms with E-state index in [0.29, 0.717) is 0 Å². The van der Waals surface area contributed by atoms with Crippen LogP contribution in [0.2, 0.25) is 0 Å². The molecule has 82 valence electrons. The van der Waals surface area contributed by atoms with Crippen molar-refractivity contribution in [3.8, 4) is 0 Å². The molecular weight excluding hydrogens is 192 g/mol. The zero-order valence-corrected chi connectivity index (χ0v) is 8.86. The number of rotatable bonds is 2. The summed E-state index contributed by atoms with van der Waals surface area (Å²) in [6, 6.07) is 1.80. The first-order chi connectivity index (χ1) is 7.27. The molecule has 0 spiro atoms. The quantitative estimate of drug-likeness (QED) is 0.737. The summed E-state index contributed by atoms with van der Waals surface area (Å²) in [5.74, 6) is 0.935. The van der Waals surface area contributed by atoms with Crippen molar-refractivity contribution < 1.29 is 4.79 Å². The Balaban J connectivity index is 1.94. The smallest absolute Gasteiger partial charge is 0.229 e. The number of hydrogen-bond acceptors (Lipinski definition) is 3. The van der Waals surface area contributed by atoms with Gasteiger partial charge in [0.05, 0.1) is 12.1 Å². The van der Waals surface area contributed by atoms with Crippen molar-refractivity contribution in [1.82, 2.24) is 15.1 Å². The third-order valence-electron chi connectivity index (χ3n) is 2.74. The Hall–Kier alpha value is -1.36. The fourth-order valence-electron chi connectivity index (χ4n) is 1.80. The first-order valence-electron chi connectivity index (χ1n) is 5.27. The fourth-order valence-corrected chi connectivity index (χ4v) is 1.80. The highest BCUT2D eigenvalue weighted by Gasteiger charge is 2.21. The van der Waals surface area contributed by atoms with Crippen molar-refractivity contribution in [2.75, 3.05) is 18.4 Å². The molecule has 5 heteroatoms. The summed E-state index contributed by atoms with van der Waals surface area (Å²) >= 11 is 0. The van der Waals surface area contributed by atoms with Crippen molar-refractivity contribution in [3.05, 3.63) is 12.3 Å². The maximum atomic E-state index is 11.8. The maximum absolute atomic E-state index is 11.8. The van der Waals surface area contributed by atoms with Crippen LogP contribution in [-0.4, -0.2) is 28.8 Å². The fraction of sp³-hybridized carbons (Fsp3) is 0.600. The van der Waals surface area contributed by atoms with Crippen LogP contribution >= 0.6 is 0 Å². The summed E-state index contributed by atoms with van der Waals surface area (Å²) in [4.78, 5) is 11.8. The van der Waals surface area contributed by atoms with Crippen LogP contribution in [0.15, 0.2) is 12.3 Å². The molecule has 0 aliphatic carbocycles. The zero-order valence-electron chi connectivity index (χ0n) is 8.86. The van der Waals surface area contributed by atoms with E-state index in [4.69, 9.17) is 0 Å². The van der Waals surface area contributed by atoms with Crippen molar-refractivity contribution in [2.45, 2.75) is 12.8 Å². The minimum Gasteiger partial charge on any atom is -0.316 e. The molecule has 2 heterocycles. The number of aryl methyl sites for hydroxylation is 1. The first kappa shape index (κ1) is 10.2. The molecule has 1 aromatic heterocycles. The molecule has 1 aliphatic rings. The zero-order chi connectivity index (χ0) is 10.7. The van der Waals surface area contributed by atoms with Crippen LogP contribution in [0, 0.1) is 5.92 Å². The SMILES string of the molecule is Cn1nccc1NC(=O)[C@H]1CCCNC1. The molecule has 0 radical (unpaired) electrons. The molecule has 0 bridgehead atoms. The van der Waals surface area contributed by atoms with Gasteiger partial charge in [0.2, 0.25) is 5.91 Å². The highest BCUT2D eigenvalue weighted by molar-refractivity contribution is 5.91. The Morgan fingerprint density at radius 1 is 1.73 bits per heavy atom. The normalized spacial score (nSPS) is 21.3. The van der Waals surface area contributed by atoms with Crippen LogP contribution in [0.4, 0.5) is 5.82 Å². The molecule has 2 N–H and O–H groups in total. The van der Waals surface area contributed by atoms with Gasteiger partial charge in [-0.1, -0.05) is 0 Å². The van der Waals surface area contributed by atoms with Crippen molar-refractivity contribution in [2.24, 2.45) is 13.0 Å². The van der Waals surface area contributed by atoms with Crippen LogP contribution in [0.25, 0.3) is 0 Å². The number of nitrogens with one attached hydrogen (secondary N) is 2. The lowest BCUT2D eigenvalue weighted by Crippen LogP contribution is -2.37. The van der Waals surface area contributed by atoms with E-state index in [2.05, 4.69) is 15.7 Å². The Labute approximate surface area is 88.8 Å². The predicted octanol–water partition coefficient (Wildman–Crippen LogP) is 0.358. The second-order valence-corrected chi connectivity index (χ2v) is 3.87. The van der Waals surface area contributed by atoms with E-state index in [1.165, 1.54) is 0 Å². The monoisotopic (exact) mass is 208 g/mol. The topological polar surface area (TPSA) is 59.0 Å². The summed E-state index contributed by atoms with van der Waals surface area (Å²) in [5.41, 5.74) is 0. The standard InChI is InChI=1S/C10H16N4O/c1-14-9(4-6-12-14)13-10(15)8-3-2-5-11-7-8/h4,6,8,11H,2-3,5,7H2,1H3,(H,13,15)/t8-/m0/s1. The highest BCUT2D eigenvalue weighted by Crippen LogP contribution is 2.13. The number of carbonyl (C=O) groups excluding carboxylic acids is 1. The number of hydrogen-bond donors (Lipinski definition) is 2. The molecule has 0 aromatic carbocycles. The van der Waals surface area contributed by atoms with Gasteiger partial charge in [0.1, 0.15) is 5.82 Å². The van der Waals surface area contributed by atoms with Gasteiger partial charge in [-0.15, -0.1) is 0 Å². The van der Waals surface area contributed by atoms with Gasteiger partial charge in [0.15, 0.2) is 0 Å². The number of aromatic nitrogens is 2. The van der Waals surface area contributed by atoms with Crippen LogP contribution in [0.5, 0.6) is 0 Å². The number of carbonyl (C=O) groups is 1. The van der Waals surface area contributed by atoms with Gasteiger partial charge in [0, 0.05) is 19.7 Å². The third kappa shape index (κ3) is 2.36. The van der Waals surface area contributed by atoms with Crippen molar-refractivity contribution in [1.29, 1.82) is 0 Å². The molecule has 2 rings (SSSR count). The lowest BCUT2D eigenvalue weighted by molar-refractivity contribution is -0.120. The Morgan fingerprint density at radius 3 is 3.20 bits per heavy atom. The summed E-state index contributed by atoms with van der Waals surface area (Å²) < 4.78 is 1.66. The number of nitrogens with zero attached hydrogens (tertiary/aromatic N) is 2. The predicted molar refractivity (Wildman–Crippen MR) is 57.4 cm³/mol. The molecule has 15 heavy (non-hydrogen) atoms. The summed E-state index contributed by atoms with van der Waals surface area (Å²) in [6.45, 7) is 1.80. The minimum absolute atomic E-state index is 0.0887. The van der Waals surface area contributed by atoms with Crippen LogP contribution in [-0.2, 0) is 11.8 Å². The van der Waals surface area contributed by atoms with Gasteiger partial charge < -0.3 is 10.6 Å². The molecule has 1 fully saturated rings. The average molecular weight is 208 g/mol. The molecule has 1 aliphatic heterocycles. The number of amides is 1. The largest absolute Gasteiger partial charge is 0.316 e. The van der Waals surface area contributed by atoms with E-state index in [-0.39, 0.29) is 11.8 Å². The molecule has 5 nitrogen and oxygen atoms in total. The van der Waals surface area contributed by atoms with Crippen LogP contribution in [0.1, 0.15) is 12.8 Å². The molecule has 1 atom stereocenters. The molecule has 1 saturated heterocycles. The first-order valence-corrected chi connectivity index (χ1v) is 5.27. The highest BCUT2D eigenvalue weighted by atomic mass is 16.2. The Bertz CT molecular complexity index is 341. The second-order valence-electron chi connectivity index (χ2n) is 3.87. The average Bonchev–Trinajstić information content (AvgIpc) is 2.66. The summed E-state index contributed by atoms with van der Waals surface area (Å²) in [6.07, 6.45) is 3.72. The molecule has 1 amide bonds. The Kier molecular flexibility index (Phi) is 3.01. The molecule has 0 unspecified atom stereocenters. The number of piperidine rings is 1. The molecule has 0 saturated carbocycles. The molecule has 1 aromatic rings. The second kappa shape index (κ2) is 4.44. The van der Waals surface area contributed by atoms with E-state index >= 15 is 0 Å². The lowest BCUT2D eigenvalue weighted by atomic mass is 9.99. The van der Waals surface area contributed by atoms with Crippen molar-refractivity contribution >= 4 is 11.7 Å². The van der Waals surface area contributed by atoms with E-state index < -0.39 is 0 Å². The van der Waals surface area contributed by atoms with Gasteiger partial charge in [-0.3, -0.25) is 9.48 Å². The summed E-state index contributed by atoms with van der Waals surface area (Å²) in [5, 5.41) is 10.1. The van der Waals surface area contributed by atoms with E-state index in [1.54, 1.807) is 16.9 Å². The minimum atomic E-state index is 0.0887. The van der Waals surface area contributed by atoms with E-state index in [9.17, 15) is 4.79 Å². The lowest BCUT2D eigenvalue weighted by Gasteiger charge is -2.21. The van der Waals surface area contributed by atoms with E-state index in [1.807, 2.05) is 7.05 Å². The van der Waals surface area contributed by atoms with Gasteiger partial charge in [-0.25, -0.2) is 0 Å².